The number of carbonyl (C=O) groups excluding carboxylic acids is 1. The average molecular weight is 895 g/mol. The van der Waals surface area contributed by atoms with E-state index in [-0.39, 0.29) is 19.6 Å². The molecule has 0 heterocycles. The third-order valence-corrected chi connectivity index (χ3v) is 11.7. The van der Waals surface area contributed by atoms with Gasteiger partial charge in [0, 0.05) is 13.0 Å². The summed E-state index contributed by atoms with van der Waals surface area (Å²) < 4.78 is 33.5. The van der Waals surface area contributed by atoms with Crippen LogP contribution < -0.4 is 0 Å². The number of aliphatic hydroxyl groups excluding tert-OH is 2. The predicted octanol–water partition coefficient (Wildman–Crippen LogP) is 14.7. The van der Waals surface area contributed by atoms with Gasteiger partial charge in [0.1, 0.15) is 12.2 Å². The number of aliphatic hydroxyl groups is 2. The van der Waals surface area contributed by atoms with Crippen LogP contribution in [-0.2, 0) is 27.9 Å². The number of hydrogen-bond donors (Lipinski definition) is 3. The van der Waals surface area contributed by atoms with E-state index in [4.69, 9.17) is 23.6 Å². The Hall–Kier alpha value is -1.84. The zero-order chi connectivity index (χ0) is 45.3. The molecule has 9 nitrogen and oxygen atoms in total. The normalized spacial score (nSPS) is 14.3. The molecule has 0 aliphatic heterocycles. The van der Waals surface area contributed by atoms with Crippen LogP contribution in [0.3, 0.4) is 0 Å². The minimum atomic E-state index is -4.53. The fourth-order valence-corrected chi connectivity index (χ4v) is 7.70. The number of phosphoric acid groups is 1. The summed E-state index contributed by atoms with van der Waals surface area (Å²) in [6, 6.07) is 0. The summed E-state index contributed by atoms with van der Waals surface area (Å²) in [5, 5.41) is 18.4. The molecule has 3 atom stereocenters. The molecule has 0 spiro atoms. The third-order valence-electron chi connectivity index (χ3n) is 10.7. The van der Waals surface area contributed by atoms with E-state index in [1.807, 2.05) is 0 Å². The van der Waals surface area contributed by atoms with Crippen molar-refractivity contribution < 1.29 is 43.0 Å². The number of allylic oxidation sites excluding steroid dienone is 10. The van der Waals surface area contributed by atoms with Crippen LogP contribution in [0.4, 0.5) is 0 Å². The van der Waals surface area contributed by atoms with Gasteiger partial charge >= 0.3 is 13.8 Å². The van der Waals surface area contributed by atoms with Crippen molar-refractivity contribution in [3.8, 4) is 0 Å². The summed E-state index contributed by atoms with van der Waals surface area (Å²) in [6.07, 6.45) is 57.5. The highest BCUT2D eigenvalue weighted by atomic mass is 31.2. The number of esters is 1. The van der Waals surface area contributed by atoms with Crippen LogP contribution in [0.5, 0.6) is 0 Å². The summed E-state index contributed by atoms with van der Waals surface area (Å²) in [7, 11) is -4.53. The molecule has 10 heteroatoms. The number of carbonyl (C=O) groups is 1. The molecule has 0 fully saturated rings. The molecule has 0 rings (SSSR count). The Morgan fingerprint density at radius 1 is 0.516 bits per heavy atom. The maximum absolute atomic E-state index is 12.7. The summed E-state index contributed by atoms with van der Waals surface area (Å²) in [4.78, 5) is 22.7. The van der Waals surface area contributed by atoms with Crippen LogP contribution in [-0.4, -0.2) is 66.3 Å². The molecule has 0 aromatic heterocycles. The van der Waals surface area contributed by atoms with Gasteiger partial charge in [-0.1, -0.05) is 216 Å². The van der Waals surface area contributed by atoms with Gasteiger partial charge < -0.3 is 24.6 Å². The van der Waals surface area contributed by atoms with Crippen LogP contribution in [0.1, 0.15) is 219 Å². The van der Waals surface area contributed by atoms with Crippen molar-refractivity contribution in [2.45, 2.75) is 232 Å². The van der Waals surface area contributed by atoms with E-state index in [2.05, 4.69) is 74.6 Å². The lowest BCUT2D eigenvalue weighted by molar-refractivity contribution is -0.154. The molecule has 0 amide bonds. The molecule has 62 heavy (non-hydrogen) atoms. The second-order valence-electron chi connectivity index (χ2n) is 16.8. The first kappa shape index (κ1) is 60.2. The molecule has 0 bridgehead atoms. The van der Waals surface area contributed by atoms with Gasteiger partial charge in [0.15, 0.2) is 0 Å². The average Bonchev–Trinajstić information content (AvgIpc) is 3.26. The maximum atomic E-state index is 12.7. The van der Waals surface area contributed by atoms with Gasteiger partial charge in [-0.25, -0.2) is 4.57 Å². The molecular formula is C52H95O9P. The van der Waals surface area contributed by atoms with Gasteiger partial charge in [-0.3, -0.25) is 13.8 Å². The second kappa shape index (κ2) is 48.6. The maximum Gasteiger partial charge on any atom is 0.472 e. The van der Waals surface area contributed by atoms with E-state index >= 15 is 0 Å². The molecule has 0 aliphatic carbocycles. The zero-order valence-electron chi connectivity index (χ0n) is 39.8. The van der Waals surface area contributed by atoms with Gasteiger partial charge in [-0.15, -0.1) is 0 Å². The number of hydrogen-bond acceptors (Lipinski definition) is 8. The fourth-order valence-electron chi connectivity index (χ4n) is 6.91. The van der Waals surface area contributed by atoms with Gasteiger partial charge in [-0.2, -0.15) is 0 Å². The molecule has 0 radical (unpaired) electrons. The molecule has 362 valence electrons. The van der Waals surface area contributed by atoms with E-state index in [1.165, 1.54) is 122 Å². The fraction of sp³-hybridized carbons (Fsp3) is 0.788. The van der Waals surface area contributed by atoms with Crippen molar-refractivity contribution in [3.05, 3.63) is 60.8 Å². The van der Waals surface area contributed by atoms with Gasteiger partial charge in [0.05, 0.1) is 26.4 Å². The van der Waals surface area contributed by atoms with Crippen LogP contribution in [0.25, 0.3) is 0 Å². The van der Waals surface area contributed by atoms with E-state index in [9.17, 15) is 19.4 Å². The predicted molar refractivity (Wildman–Crippen MR) is 260 cm³/mol. The molecule has 0 aromatic rings. The molecule has 0 aromatic carbocycles. The first-order chi connectivity index (χ1) is 30.3. The van der Waals surface area contributed by atoms with E-state index < -0.39 is 39.2 Å². The van der Waals surface area contributed by atoms with Crippen LogP contribution in [0, 0.1) is 0 Å². The minimum Gasteiger partial charge on any atom is -0.457 e. The first-order valence-corrected chi connectivity index (χ1v) is 26.8. The number of rotatable bonds is 48. The van der Waals surface area contributed by atoms with Crippen molar-refractivity contribution >= 4 is 13.8 Å². The van der Waals surface area contributed by atoms with Crippen molar-refractivity contribution in [1.29, 1.82) is 0 Å². The van der Waals surface area contributed by atoms with E-state index in [0.29, 0.717) is 13.0 Å². The SMILES string of the molecule is CC/C=C\C/C=C\C/C=C\C/C=C\C/C=C\CCCCCCCCCC(=O)OC(COCCCCCCCCCCCCCCCCCCCC)COP(=O)(O)OCC(O)CO. The Morgan fingerprint density at radius 3 is 1.39 bits per heavy atom. The van der Waals surface area contributed by atoms with Crippen molar-refractivity contribution in [1.82, 2.24) is 0 Å². The number of unbranched alkanes of at least 4 members (excludes halogenated alkanes) is 24. The summed E-state index contributed by atoms with van der Waals surface area (Å²) in [5.74, 6) is -0.392. The highest BCUT2D eigenvalue weighted by molar-refractivity contribution is 7.47. The first-order valence-electron chi connectivity index (χ1n) is 25.3. The Bertz CT molecular complexity index is 1150. The standard InChI is InChI=1S/C52H95O9P/c1-3-5-7-9-11-13-15-17-19-21-23-24-25-26-27-28-30-32-34-36-38-40-42-44-52(55)61-51(49-60-62(56,57)59-47-50(54)46-53)48-58-45-43-41-39-37-35-33-31-29-22-20-18-16-14-12-10-8-6-4-2/h5,7,11,13,17,19,23-24,26-27,50-51,53-54H,3-4,6,8-10,12,14-16,18,20-22,25,28-49H2,1-2H3,(H,56,57)/b7-5-,13-11-,19-17-,24-23-,27-26-. The number of phosphoric ester groups is 1. The second-order valence-corrected chi connectivity index (χ2v) is 18.3. The highest BCUT2D eigenvalue weighted by Crippen LogP contribution is 2.43. The van der Waals surface area contributed by atoms with Gasteiger partial charge in [0.2, 0.25) is 0 Å². The van der Waals surface area contributed by atoms with E-state index in [0.717, 1.165) is 70.6 Å². The lowest BCUT2D eigenvalue weighted by atomic mass is 10.0. The quantitative estimate of drug-likeness (QED) is 0.0236. The smallest absolute Gasteiger partial charge is 0.457 e. The Kier molecular flexibility index (Phi) is 47.2. The molecule has 0 saturated heterocycles. The lowest BCUT2D eigenvalue weighted by Crippen LogP contribution is -2.29. The molecule has 3 unspecified atom stereocenters. The molecular weight excluding hydrogens is 800 g/mol. The molecule has 3 N–H and O–H groups in total. The number of ether oxygens (including phenoxy) is 2. The van der Waals surface area contributed by atoms with Crippen LogP contribution >= 0.6 is 7.82 Å². The van der Waals surface area contributed by atoms with E-state index in [1.54, 1.807) is 0 Å². The topological polar surface area (TPSA) is 132 Å². The Balaban J connectivity index is 4.11. The summed E-state index contributed by atoms with van der Waals surface area (Å²) >= 11 is 0. The van der Waals surface area contributed by atoms with Crippen LogP contribution in [0.15, 0.2) is 60.8 Å². The Labute approximate surface area is 380 Å². The van der Waals surface area contributed by atoms with Crippen LogP contribution in [0.2, 0.25) is 0 Å². The minimum absolute atomic E-state index is 0.0452. The van der Waals surface area contributed by atoms with Crippen molar-refractivity contribution in [2.75, 3.05) is 33.0 Å². The monoisotopic (exact) mass is 895 g/mol. The lowest BCUT2D eigenvalue weighted by Gasteiger charge is -2.20. The highest BCUT2D eigenvalue weighted by Gasteiger charge is 2.26. The largest absolute Gasteiger partial charge is 0.472 e. The van der Waals surface area contributed by atoms with Gasteiger partial charge in [0.25, 0.3) is 0 Å². The van der Waals surface area contributed by atoms with Crippen molar-refractivity contribution in [2.24, 2.45) is 0 Å². The van der Waals surface area contributed by atoms with Gasteiger partial charge in [-0.05, 0) is 57.8 Å². The third kappa shape index (κ3) is 47.6. The zero-order valence-corrected chi connectivity index (χ0v) is 40.7. The summed E-state index contributed by atoms with van der Waals surface area (Å²) in [5.41, 5.74) is 0. The molecule has 0 aliphatic rings. The summed E-state index contributed by atoms with van der Waals surface area (Å²) in [6.45, 7) is 3.42. The molecule has 0 saturated carbocycles. The Morgan fingerprint density at radius 2 is 0.919 bits per heavy atom. The van der Waals surface area contributed by atoms with Crippen molar-refractivity contribution in [3.63, 3.8) is 0 Å².